The van der Waals surface area contributed by atoms with Crippen LogP contribution >= 0.6 is 24.0 Å². The first-order valence-electron chi connectivity index (χ1n) is 9.11. The van der Waals surface area contributed by atoms with Crippen molar-refractivity contribution >= 4 is 29.9 Å². The molecule has 1 fully saturated rings. The second kappa shape index (κ2) is 13.3. The van der Waals surface area contributed by atoms with E-state index in [0.29, 0.717) is 12.6 Å². The topological polar surface area (TPSA) is 69.1 Å². The fraction of sp³-hybridized carbons (Fsp3) is 0.632. The summed E-state index contributed by atoms with van der Waals surface area (Å²) in [4.78, 5) is 6.78. The number of nitrogens with one attached hydrogen (secondary N) is 2. The SMILES string of the molecule is CN=C(NCC(CO)c1ccccc1)NCC1CCCN1CCOC.I. The number of hydrogen-bond donors (Lipinski definition) is 3. The van der Waals surface area contributed by atoms with Gasteiger partial charge in [-0.15, -0.1) is 24.0 Å². The fourth-order valence-corrected chi connectivity index (χ4v) is 3.30. The number of likely N-dealkylation sites (tertiary alicyclic amines) is 1. The number of aliphatic imine (C=N–C) groups is 1. The van der Waals surface area contributed by atoms with Gasteiger partial charge in [-0.05, 0) is 24.9 Å². The van der Waals surface area contributed by atoms with Gasteiger partial charge < -0.3 is 20.5 Å². The lowest BCUT2D eigenvalue weighted by Gasteiger charge is -2.25. The third-order valence-electron chi connectivity index (χ3n) is 4.82. The van der Waals surface area contributed by atoms with Crippen LogP contribution in [-0.4, -0.2) is 75.6 Å². The minimum atomic E-state index is 0. The van der Waals surface area contributed by atoms with E-state index in [2.05, 4.69) is 20.5 Å². The van der Waals surface area contributed by atoms with Crippen molar-refractivity contribution in [2.24, 2.45) is 4.99 Å². The van der Waals surface area contributed by atoms with Crippen LogP contribution in [0.5, 0.6) is 0 Å². The highest BCUT2D eigenvalue weighted by atomic mass is 127. The molecule has 0 saturated carbocycles. The van der Waals surface area contributed by atoms with E-state index in [1.54, 1.807) is 14.2 Å². The number of ether oxygens (including phenoxy) is 1. The van der Waals surface area contributed by atoms with Crippen molar-refractivity contribution in [3.05, 3.63) is 35.9 Å². The highest BCUT2D eigenvalue weighted by molar-refractivity contribution is 14.0. The molecule has 1 aliphatic heterocycles. The third kappa shape index (κ3) is 7.38. The minimum absolute atomic E-state index is 0. The average Bonchev–Trinajstić information content (AvgIpc) is 3.11. The number of halogens is 1. The fourth-order valence-electron chi connectivity index (χ4n) is 3.30. The number of methoxy groups -OCH3 is 1. The van der Waals surface area contributed by atoms with E-state index >= 15 is 0 Å². The molecule has 0 bridgehead atoms. The van der Waals surface area contributed by atoms with Crippen molar-refractivity contribution in [3.63, 3.8) is 0 Å². The first-order valence-corrected chi connectivity index (χ1v) is 9.11. The van der Waals surface area contributed by atoms with Crippen molar-refractivity contribution in [2.75, 3.05) is 53.6 Å². The summed E-state index contributed by atoms with van der Waals surface area (Å²) in [5.41, 5.74) is 1.13. The number of hydrogen-bond acceptors (Lipinski definition) is 4. The van der Waals surface area contributed by atoms with Crippen LogP contribution in [-0.2, 0) is 4.74 Å². The second-order valence-corrected chi connectivity index (χ2v) is 6.45. The predicted octanol–water partition coefficient (Wildman–Crippen LogP) is 1.66. The summed E-state index contributed by atoms with van der Waals surface area (Å²) in [5.74, 6) is 0.845. The maximum atomic E-state index is 9.67. The molecule has 2 atom stereocenters. The van der Waals surface area contributed by atoms with Gasteiger partial charge in [-0.1, -0.05) is 30.3 Å². The lowest BCUT2D eigenvalue weighted by atomic mass is 10.0. The molecule has 2 rings (SSSR count). The molecule has 26 heavy (non-hydrogen) atoms. The Labute approximate surface area is 174 Å². The second-order valence-electron chi connectivity index (χ2n) is 6.45. The van der Waals surface area contributed by atoms with Crippen LogP contribution in [0.15, 0.2) is 35.3 Å². The minimum Gasteiger partial charge on any atom is -0.396 e. The Morgan fingerprint density at radius 3 is 2.77 bits per heavy atom. The number of rotatable bonds is 9. The molecule has 1 aliphatic rings. The standard InChI is InChI=1S/C19H32N4O2.HI/c1-20-19(21-13-17(15-24)16-7-4-3-5-8-16)22-14-18-9-6-10-23(18)11-12-25-2;/h3-5,7-8,17-18,24H,6,9-15H2,1-2H3,(H2,20,21,22);1H. The number of nitrogens with zero attached hydrogens (tertiary/aromatic N) is 2. The Morgan fingerprint density at radius 1 is 1.35 bits per heavy atom. The van der Waals surface area contributed by atoms with Crippen molar-refractivity contribution in [3.8, 4) is 0 Å². The summed E-state index contributed by atoms with van der Waals surface area (Å²) in [6.45, 7) is 4.54. The Kier molecular flexibility index (Phi) is 11.8. The van der Waals surface area contributed by atoms with Gasteiger partial charge in [0.05, 0.1) is 13.2 Å². The van der Waals surface area contributed by atoms with Crippen molar-refractivity contribution < 1.29 is 9.84 Å². The molecule has 2 unspecified atom stereocenters. The van der Waals surface area contributed by atoms with Gasteiger partial charge in [0, 0.05) is 45.8 Å². The monoisotopic (exact) mass is 476 g/mol. The average molecular weight is 476 g/mol. The van der Waals surface area contributed by atoms with Crippen LogP contribution in [0.1, 0.15) is 24.3 Å². The highest BCUT2D eigenvalue weighted by Gasteiger charge is 2.24. The van der Waals surface area contributed by atoms with E-state index < -0.39 is 0 Å². The third-order valence-corrected chi connectivity index (χ3v) is 4.82. The lowest BCUT2D eigenvalue weighted by Crippen LogP contribution is -2.46. The van der Waals surface area contributed by atoms with Crippen LogP contribution in [0.2, 0.25) is 0 Å². The summed E-state index contributed by atoms with van der Waals surface area (Å²) in [5, 5.41) is 16.4. The molecule has 0 aliphatic carbocycles. The van der Waals surface area contributed by atoms with Gasteiger partial charge >= 0.3 is 0 Å². The summed E-state index contributed by atoms with van der Waals surface area (Å²) in [6.07, 6.45) is 2.44. The van der Waals surface area contributed by atoms with Crippen molar-refractivity contribution in [2.45, 2.75) is 24.8 Å². The molecule has 0 spiro atoms. The molecule has 148 valence electrons. The van der Waals surface area contributed by atoms with Crippen LogP contribution in [0, 0.1) is 0 Å². The number of benzene rings is 1. The summed E-state index contributed by atoms with van der Waals surface area (Å²) >= 11 is 0. The number of aliphatic hydroxyl groups excluding tert-OH is 1. The van der Waals surface area contributed by atoms with E-state index in [4.69, 9.17) is 4.74 Å². The molecule has 1 saturated heterocycles. The van der Waals surface area contributed by atoms with Gasteiger partial charge in [-0.2, -0.15) is 0 Å². The summed E-state index contributed by atoms with van der Waals surface area (Å²) < 4.78 is 5.20. The predicted molar refractivity (Wildman–Crippen MR) is 118 cm³/mol. The number of guanidine groups is 1. The molecule has 3 N–H and O–H groups in total. The molecule has 1 aromatic rings. The molecule has 0 aromatic heterocycles. The highest BCUT2D eigenvalue weighted by Crippen LogP contribution is 2.16. The maximum Gasteiger partial charge on any atom is 0.191 e. The van der Waals surface area contributed by atoms with Crippen molar-refractivity contribution in [1.29, 1.82) is 0 Å². The first-order chi connectivity index (χ1) is 12.3. The van der Waals surface area contributed by atoms with Gasteiger partial charge in [0.1, 0.15) is 0 Å². The van der Waals surface area contributed by atoms with Crippen molar-refractivity contribution in [1.82, 2.24) is 15.5 Å². The van der Waals surface area contributed by atoms with Gasteiger partial charge in [-0.3, -0.25) is 9.89 Å². The summed E-state index contributed by atoms with van der Waals surface area (Å²) in [7, 11) is 3.53. The molecule has 1 aromatic carbocycles. The van der Waals surface area contributed by atoms with Gasteiger partial charge in [0.15, 0.2) is 5.96 Å². The van der Waals surface area contributed by atoms with Gasteiger partial charge in [-0.25, -0.2) is 0 Å². The normalized spacial score (nSPS) is 19.0. The summed E-state index contributed by atoms with van der Waals surface area (Å²) in [6, 6.07) is 10.6. The van der Waals surface area contributed by atoms with Gasteiger partial charge in [0.25, 0.3) is 0 Å². The van der Waals surface area contributed by atoms with Crippen LogP contribution in [0.25, 0.3) is 0 Å². The smallest absolute Gasteiger partial charge is 0.191 e. The molecule has 0 radical (unpaired) electrons. The van der Waals surface area contributed by atoms with E-state index in [1.807, 2.05) is 30.3 Å². The molecule has 6 nitrogen and oxygen atoms in total. The first kappa shape index (κ1) is 23.1. The maximum absolute atomic E-state index is 9.67. The van der Waals surface area contributed by atoms with Crippen LogP contribution in [0.3, 0.4) is 0 Å². The van der Waals surface area contributed by atoms with E-state index in [9.17, 15) is 5.11 Å². The lowest BCUT2D eigenvalue weighted by molar-refractivity contribution is 0.141. The molecular formula is C19H33IN4O2. The molecule has 1 heterocycles. The Hall–Kier alpha value is -0.900. The zero-order chi connectivity index (χ0) is 17.9. The van der Waals surface area contributed by atoms with E-state index in [-0.39, 0.29) is 36.5 Å². The molecule has 7 heteroatoms. The number of aliphatic hydroxyl groups is 1. The Morgan fingerprint density at radius 2 is 2.12 bits per heavy atom. The zero-order valence-electron chi connectivity index (χ0n) is 15.9. The largest absolute Gasteiger partial charge is 0.396 e. The Bertz CT molecular complexity index is 516. The van der Waals surface area contributed by atoms with E-state index in [1.165, 1.54) is 12.8 Å². The molecule has 0 amide bonds. The van der Waals surface area contributed by atoms with Gasteiger partial charge in [0.2, 0.25) is 0 Å². The van der Waals surface area contributed by atoms with Crippen LogP contribution in [0.4, 0.5) is 0 Å². The van der Waals surface area contributed by atoms with E-state index in [0.717, 1.165) is 37.8 Å². The Balaban J connectivity index is 0.00000338. The zero-order valence-corrected chi connectivity index (χ0v) is 18.2. The molecular weight excluding hydrogens is 443 g/mol. The van der Waals surface area contributed by atoms with Crippen LogP contribution < -0.4 is 10.6 Å². The quantitative estimate of drug-likeness (QED) is 0.288.